The number of hydrogen-bond acceptors (Lipinski definition) is 3. The van der Waals surface area contributed by atoms with Gasteiger partial charge in [0.2, 0.25) is 0 Å². The van der Waals surface area contributed by atoms with E-state index in [4.69, 9.17) is 5.73 Å². The second kappa shape index (κ2) is 3.51. The van der Waals surface area contributed by atoms with E-state index in [9.17, 15) is 0 Å². The van der Waals surface area contributed by atoms with E-state index < -0.39 is 0 Å². The van der Waals surface area contributed by atoms with E-state index in [1.807, 2.05) is 12.1 Å². The lowest BCUT2D eigenvalue weighted by atomic mass is 10.3. The number of fused-ring (bicyclic) bond motifs is 2. The molecular formula is C12H9NS2. The Hall–Kier alpha value is -1.06. The van der Waals surface area contributed by atoms with Gasteiger partial charge in [-0.05, 0) is 24.3 Å². The second-order valence-corrected chi connectivity index (χ2v) is 5.46. The van der Waals surface area contributed by atoms with Crippen molar-refractivity contribution in [1.29, 1.82) is 0 Å². The van der Waals surface area contributed by atoms with E-state index in [1.165, 1.54) is 19.6 Å². The van der Waals surface area contributed by atoms with Crippen molar-refractivity contribution in [3.8, 4) is 0 Å². The zero-order chi connectivity index (χ0) is 10.3. The number of nitrogens with two attached hydrogens (primary N) is 1. The summed E-state index contributed by atoms with van der Waals surface area (Å²) in [6.07, 6.45) is 0. The first kappa shape index (κ1) is 9.19. The summed E-state index contributed by atoms with van der Waals surface area (Å²) in [5, 5.41) is 0. The van der Waals surface area contributed by atoms with E-state index >= 15 is 0 Å². The summed E-state index contributed by atoms with van der Waals surface area (Å²) in [7, 11) is 0. The van der Waals surface area contributed by atoms with Crippen LogP contribution in [0.2, 0.25) is 0 Å². The molecule has 0 fully saturated rings. The van der Waals surface area contributed by atoms with Gasteiger partial charge < -0.3 is 5.73 Å². The van der Waals surface area contributed by atoms with E-state index in [-0.39, 0.29) is 0 Å². The molecule has 2 aromatic carbocycles. The van der Waals surface area contributed by atoms with Gasteiger partial charge in [-0.25, -0.2) is 0 Å². The van der Waals surface area contributed by atoms with Gasteiger partial charge >= 0.3 is 0 Å². The van der Waals surface area contributed by atoms with Gasteiger partial charge in [-0.15, -0.1) is 0 Å². The molecule has 15 heavy (non-hydrogen) atoms. The van der Waals surface area contributed by atoms with Crippen molar-refractivity contribution < 1.29 is 0 Å². The molecule has 0 spiro atoms. The van der Waals surface area contributed by atoms with E-state index in [1.54, 1.807) is 23.5 Å². The van der Waals surface area contributed by atoms with E-state index in [2.05, 4.69) is 30.3 Å². The van der Waals surface area contributed by atoms with E-state index in [0.29, 0.717) is 0 Å². The van der Waals surface area contributed by atoms with Crippen LogP contribution in [0.1, 0.15) is 0 Å². The molecule has 0 bridgehead atoms. The van der Waals surface area contributed by atoms with Crippen molar-refractivity contribution >= 4 is 29.2 Å². The molecule has 3 heteroatoms. The summed E-state index contributed by atoms with van der Waals surface area (Å²) in [5.41, 5.74) is 6.84. The maximum atomic E-state index is 5.96. The molecule has 0 saturated carbocycles. The van der Waals surface area contributed by atoms with Crippen molar-refractivity contribution in [3.63, 3.8) is 0 Å². The number of rotatable bonds is 0. The maximum Gasteiger partial charge on any atom is 0.0491 e. The first-order valence-electron chi connectivity index (χ1n) is 4.68. The van der Waals surface area contributed by atoms with Crippen molar-refractivity contribution in [3.05, 3.63) is 42.5 Å². The lowest BCUT2D eigenvalue weighted by Gasteiger charge is -2.18. The molecule has 3 rings (SSSR count). The highest BCUT2D eigenvalue weighted by molar-refractivity contribution is 8.05. The Bertz CT molecular complexity index is 523. The molecule has 1 aliphatic rings. The largest absolute Gasteiger partial charge is 0.398 e. The number of hydrogen-bond donors (Lipinski definition) is 1. The van der Waals surface area contributed by atoms with Gasteiger partial charge in [0.1, 0.15) is 0 Å². The molecule has 0 unspecified atom stereocenters. The Morgan fingerprint density at radius 3 is 2.20 bits per heavy atom. The molecule has 0 amide bonds. The predicted molar refractivity (Wildman–Crippen MR) is 65.5 cm³/mol. The maximum absolute atomic E-state index is 5.96. The average molecular weight is 231 g/mol. The molecule has 2 N–H and O–H groups in total. The van der Waals surface area contributed by atoms with Gasteiger partial charge in [-0.3, -0.25) is 0 Å². The minimum atomic E-state index is 0.875. The third-order valence-electron chi connectivity index (χ3n) is 2.29. The molecule has 74 valence electrons. The molecule has 1 heterocycles. The fraction of sp³-hybridized carbons (Fsp3) is 0. The van der Waals surface area contributed by atoms with Crippen LogP contribution in [0, 0.1) is 0 Å². The molecule has 0 saturated heterocycles. The zero-order valence-corrected chi connectivity index (χ0v) is 9.57. The van der Waals surface area contributed by atoms with Gasteiger partial charge in [-0.2, -0.15) is 0 Å². The van der Waals surface area contributed by atoms with Crippen LogP contribution in [0.4, 0.5) is 5.69 Å². The van der Waals surface area contributed by atoms with Crippen molar-refractivity contribution in [2.45, 2.75) is 19.6 Å². The van der Waals surface area contributed by atoms with E-state index in [0.717, 1.165) is 5.69 Å². The van der Waals surface area contributed by atoms with Crippen molar-refractivity contribution in [1.82, 2.24) is 0 Å². The molecule has 1 nitrogen and oxygen atoms in total. The van der Waals surface area contributed by atoms with Crippen LogP contribution < -0.4 is 5.73 Å². The molecule has 2 aromatic rings. The van der Waals surface area contributed by atoms with Crippen molar-refractivity contribution in [2.75, 3.05) is 5.73 Å². The third-order valence-corrected chi connectivity index (χ3v) is 4.92. The number of benzene rings is 2. The first-order chi connectivity index (χ1) is 7.34. The predicted octanol–water partition coefficient (Wildman–Crippen LogP) is 3.88. The van der Waals surface area contributed by atoms with Crippen LogP contribution in [0.15, 0.2) is 62.0 Å². The summed E-state index contributed by atoms with van der Waals surface area (Å²) in [5.74, 6) is 0. The van der Waals surface area contributed by atoms with Crippen LogP contribution in [-0.4, -0.2) is 0 Å². The summed E-state index contributed by atoms with van der Waals surface area (Å²) >= 11 is 3.56. The Labute approximate surface area is 97.1 Å². The molecule has 0 radical (unpaired) electrons. The van der Waals surface area contributed by atoms with Crippen LogP contribution in [0.25, 0.3) is 0 Å². The first-order valence-corrected chi connectivity index (χ1v) is 6.31. The highest BCUT2D eigenvalue weighted by Crippen LogP contribution is 2.50. The Kier molecular flexibility index (Phi) is 2.15. The lowest BCUT2D eigenvalue weighted by Crippen LogP contribution is -1.94. The smallest absolute Gasteiger partial charge is 0.0491 e. The van der Waals surface area contributed by atoms with Crippen LogP contribution in [0.5, 0.6) is 0 Å². The second-order valence-electron chi connectivity index (χ2n) is 3.33. The topological polar surface area (TPSA) is 26.0 Å². The molecular weight excluding hydrogens is 222 g/mol. The Morgan fingerprint density at radius 1 is 0.733 bits per heavy atom. The SMILES string of the molecule is Nc1cccc2c1Sc1ccccc1S2. The highest BCUT2D eigenvalue weighted by atomic mass is 32.2. The summed E-state index contributed by atoms with van der Waals surface area (Å²) < 4.78 is 0. The van der Waals surface area contributed by atoms with Gasteiger partial charge in [0, 0.05) is 25.3 Å². The number of nitrogen functional groups attached to an aromatic ring is 1. The molecule has 0 aromatic heterocycles. The minimum Gasteiger partial charge on any atom is -0.398 e. The number of anilines is 1. The van der Waals surface area contributed by atoms with Crippen molar-refractivity contribution in [2.24, 2.45) is 0 Å². The monoisotopic (exact) mass is 231 g/mol. The van der Waals surface area contributed by atoms with Gasteiger partial charge in [0.25, 0.3) is 0 Å². The highest BCUT2D eigenvalue weighted by Gasteiger charge is 2.17. The Balaban J connectivity index is 2.15. The summed E-state index contributed by atoms with van der Waals surface area (Å²) in [4.78, 5) is 5.08. The van der Waals surface area contributed by atoms with Crippen LogP contribution in [-0.2, 0) is 0 Å². The fourth-order valence-electron chi connectivity index (χ4n) is 1.57. The fourth-order valence-corrected chi connectivity index (χ4v) is 3.87. The van der Waals surface area contributed by atoms with Gasteiger partial charge in [0.05, 0.1) is 0 Å². The standard InChI is InChI=1S/C12H9NS2/c13-8-4-3-7-11-12(8)15-10-6-2-1-5-9(10)14-11/h1-7H,13H2. The molecule has 0 aliphatic carbocycles. The summed E-state index contributed by atoms with van der Waals surface area (Å²) in [6.45, 7) is 0. The van der Waals surface area contributed by atoms with Crippen LogP contribution >= 0.6 is 23.5 Å². The minimum absolute atomic E-state index is 0.875. The van der Waals surface area contributed by atoms with Gasteiger partial charge in [0.15, 0.2) is 0 Å². The Morgan fingerprint density at radius 2 is 1.40 bits per heavy atom. The molecule has 0 atom stereocenters. The normalized spacial score (nSPS) is 13.1. The van der Waals surface area contributed by atoms with Gasteiger partial charge in [-0.1, -0.05) is 41.7 Å². The molecule has 1 aliphatic heterocycles. The third kappa shape index (κ3) is 1.52. The lowest BCUT2D eigenvalue weighted by molar-refractivity contribution is 1.16. The quantitative estimate of drug-likeness (QED) is 0.594. The van der Waals surface area contributed by atoms with Crippen LogP contribution in [0.3, 0.4) is 0 Å². The zero-order valence-electron chi connectivity index (χ0n) is 7.94. The average Bonchev–Trinajstić information content (AvgIpc) is 2.27. The summed E-state index contributed by atoms with van der Waals surface area (Å²) in [6, 6.07) is 14.5.